The molecule has 0 aliphatic rings. The minimum Gasteiger partial charge on any atom is -0.512 e. The van der Waals surface area contributed by atoms with Crippen LogP contribution in [0.3, 0.4) is 0 Å². The number of rotatable bonds is 9. The molecule has 666 valence electrons. The first kappa shape index (κ1) is 113. The van der Waals surface area contributed by atoms with E-state index in [-0.39, 0.29) is 224 Å². The fraction of sp³-hybridized carbons (Fsp3) is 0.0816. The molecular formula is C98H78DyEuF6Ir2N7O10S2Tb-3. The average molecular weight is 2550 g/mol. The van der Waals surface area contributed by atoms with Crippen LogP contribution < -0.4 is 0 Å². The van der Waals surface area contributed by atoms with Crippen molar-refractivity contribution in [2.75, 3.05) is 0 Å². The normalized spacial score (nSPS) is 10.9. The molecule has 0 amide bonds. The summed E-state index contributed by atoms with van der Waals surface area (Å²) in [6.07, 6.45) is 4.78. The van der Waals surface area contributed by atoms with Crippen LogP contribution in [0.1, 0.15) is 52.0 Å². The number of aliphatic hydroxyl groups is 5. The van der Waals surface area contributed by atoms with Gasteiger partial charge < -0.3 is 35.5 Å². The molecule has 128 heavy (non-hydrogen) atoms. The third-order valence-corrected chi connectivity index (χ3v) is 18.1. The Kier molecular flexibility index (Phi) is 51.1. The second-order valence-corrected chi connectivity index (χ2v) is 28.0. The average Bonchev–Trinajstić information content (AvgIpc) is 1.14. The number of halogens is 6. The zero-order valence-corrected chi connectivity index (χ0v) is 81.5. The maximum atomic E-state index is 11.8. The van der Waals surface area contributed by atoms with Gasteiger partial charge in [-0.15, -0.1) is 106 Å². The Labute approximate surface area is 870 Å². The summed E-state index contributed by atoms with van der Waals surface area (Å²) in [6.45, 7) is 8.54. The largest absolute Gasteiger partial charge is 0.512 e. The van der Waals surface area contributed by atoms with Gasteiger partial charge in [0.15, 0.2) is 17.3 Å². The van der Waals surface area contributed by atoms with Crippen molar-refractivity contribution in [2.24, 2.45) is 0 Å². The van der Waals surface area contributed by atoms with E-state index in [1.54, 1.807) is 53.6 Å². The summed E-state index contributed by atoms with van der Waals surface area (Å²) in [5, 5.41) is 55.3. The van der Waals surface area contributed by atoms with Crippen LogP contribution in [0.15, 0.2) is 351 Å². The summed E-state index contributed by atoms with van der Waals surface area (Å²) in [4.78, 5) is 83.0. The van der Waals surface area contributed by atoms with Gasteiger partial charge in [0.1, 0.15) is 11.5 Å². The van der Waals surface area contributed by atoms with Gasteiger partial charge in [-0.1, -0.05) is 158 Å². The number of hydrogen-bond donors (Lipinski definition) is 5. The number of aliphatic hydroxyl groups excluding tert-OH is 5. The Balaban J connectivity index is 0.000000369. The van der Waals surface area contributed by atoms with Gasteiger partial charge in [-0.25, -0.2) is 11.3 Å². The van der Waals surface area contributed by atoms with Gasteiger partial charge in [0, 0.05) is 267 Å². The van der Waals surface area contributed by atoms with Crippen LogP contribution in [0.2, 0.25) is 0 Å². The van der Waals surface area contributed by atoms with Crippen molar-refractivity contribution in [2.45, 2.75) is 53.9 Å². The molecule has 4 radical (unpaired) electrons. The first-order valence-electron chi connectivity index (χ1n) is 37.1. The van der Waals surface area contributed by atoms with Crippen LogP contribution >= 0.6 is 22.7 Å². The predicted octanol–water partition coefficient (Wildman–Crippen LogP) is 24.8. The zero-order chi connectivity index (χ0) is 88.9. The molecule has 0 atom stereocenters. The van der Waals surface area contributed by atoms with Crippen LogP contribution in [0, 0.1) is 144 Å². The van der Waals surface area contributed by atoms with Crippen LogP contribution in [-0.2, 0) is 64.2 Å². The van der Waals surface area contributed by atoms with Crippen LogP contribution in [0.4, 0.5) is 26.3 Å². The third kappa shape index (κ3) is 38.2. The summed E-state index contributed by atoms with van der Waals surface area (Å²) < 4.78 is 72.0. The number of pyridine rings is 7. The molecule has 0 aliphatic heterocycles. The minimum absolute atomic E-state index is 0. The number of carbonyl (C=O) groups is 5. The molecule has 0 saturated heterocycles. The quantitative estimate of drug-likeness (QED) is 0.0295. The number of benzene rings is 8. The van der Waals surface area contributed by atoms with Crippen molar-refractivity contribution in [1.82, 2.24) is 34.9 Å². The summed E-state index contributed by atoms with van der Waals surface area (Å²) in [5.41, 5.74) is 9.14. The van der Waals surface area contributed by atoms with Gasteiger partial charge >= 0.3 is 12.4 Å². The number of para-hydroxylation sites is 1. The number of allylic oxidation sites excluding steroid dienone is 8. The van der Waals surface area contributed by atoms with Crippen molar-refractivity contribution in [1.29, 1.82) is 0 Å². The molecule has 30 heteroatoms. The van der Waals surface area contributed by atoms with Crippen molar-refractivity contribution in [3.05, 3.63) is 380 Å². The Hall–Kier alpha value is -9.64. The molecule has 0 bridgehead atoms. The molecule has 9 heterocycles. The van der Waals surface area contributed by atoms with Crippen LogP contribution in [0.25, 0.3) is 120 Å². The molecule has 8 aromatic carbocycles. The van der Waals surface area contributed by atoms with Gasteiger partial charge in [0.05, 0.1) is 49.7 Å². The van der Waals surface area contributed by atoms with Gasteiger partial charge in [-0.2, -0.15) is 26.3 Å². The van der Waals surface area contributed by atoms with E-state index in [0.717, 1.165) is 93.2 Å². The molecule has 0 spiro atoms. The molecule has 0 fully saturated rings. The molecule has 5 N–H and O–H groups in total. The number of ketones is 5. The number of hydrogen-bond acceptors (Lipinski definition) is 19. The van der Waals surface area contributed by atoms with Gasteiger partial charge in [-0.3, -0.25) is 48.9 Å². The first-order chi connectivity index (χ1) is 58.9. The van der Waals surface area contributed by atoms with E-state index in [0.29, 0.717) is 0 Å². The summed E-state index contributed by atoms with van der Waals surface area (Å²) in [7, 11) is 0. The second kappa shape index (κ2) is 58.1. The fourth-order valence-electron chi connectivity index (χ4n) is 10.9. The van der Waals surface area contributed by atoms with Gasteiger partial charge in [-0.05, 0) is 127 Å². The van der Waals surface area contributed by atoms with E-state index in [2.05, 4.69) is 156 Å². The second-order valence-electron chi connectivity index (χ2n) is 26.0. The summed E-state index contributed by atoms with van der Waals surface area (Å²) in [6, 6.07) is 93.2. The third-order valence-electron chi connectivity index (χ3n) is 16.1. The molecule has 0 unspecified atom stereocenters. The predicted molar refractivity (Wildman–Crippen MR) is 477 cm³/mol. The maximum absolute atomic E-state index is 11.8. The monoisotopic (exact) mass is 2550 g/mol. The standard InChI is InChI=1S/C15H10N.C13H8NS.C13H8N.2C12H8N2.C10H7F3O2.C8H5F3O2S.3C5H8O2.Dy.Eu.2Ir.Tb/c1-2-6-12(7-3-1)15-11-10-13-8-4-5-9-14(13)16-15;1-2-7-12-10(5-1)9-13(15-12)11-6-3-4-8-14-11;1-2-6-12-10(4-1)7-8-11-5-3-9-14-13(11)12;2*1-3-9-5-6-10-4-2-8-14-12(10)11(9)13-7-1;11-10(12,13)9(15)6-8(14)7-4-2-1-3-5-7;9-8(10,11)7(13)4-5(12)6-2-1-3-14-6;3*1-4(6)3-5(2)7;;;;;/h1-6,8-11H;1-8H;1-5,7-9H;2*1-8H;1-6,14H;1-4,12H;3*3,6H,1-2H3;;;;;/q3*-1;;;;;;;;;;;;. The molecule has 0 aliphatic carbocycles. The van der Waals surface area contributed by atoms with E-state index in [4.69, 9.17) is 20.4 Å². The van der Waals surface area contributed by atoms with E-state index >= 15 is 0 Å². The first-order valence-corrected chi connectivity index (χ1v) is 38.8. The Morgan fingerprint density at radius 2 is 0.773 bits per heavy atom. The van der Waals surface area contributed by atoms with Gasteiger partial charge in [0.25, 0.3) is 11.6 Å². The number of aromatic nitrogens is 7. The Morgan fingerprint density at radius 3 is 1.20 bits per heavy atom. The topological polar surface area (TPSA) is 277 Å². The number of fused-ring (bicyclic) bond motifs is 11. The molecule has 9 aromatic heterocycles. The SMILES string of the molecule is CC(=O)C=C(C)O.CC(=O)C=C(C)O.CC(=O)C=C(C)O.O=C(C=C(O)c1ccccc1)C(F)(F)F.O=C(C=C(O)c1cccs1)C(F)(F)F.[Dy].[Eu].[Ir].[Ir].[Tb].[c-]1c(-c2ccccn2)sc2ccccc12.[c-]1cccc2ccc3cccnc3c12.[c-]1ccccc1-c1ccc2ccccc2n1.c1cnc2c(c1)ccc1cccnc12.c1cnc2c(c1)ccc1cccnc12. The Morgan fingerprint density at radius 1 is 0.375 bits per heavy atom. The molecule has 0 saturated carbocycles. The van der Waals surface area contributed by atoms with Crippen molar-refractivity contribution < 1.29 is 242 Å². The number of thiophene rings is 2. The minimum atomic E-state index is -4.96. The Bertz CT molecular complexity index is 6070. The van der Waals surface area contributed by atoms with Crippen molar-refractivity contribution >= 4 is 149 Å². The van der Waals surface area contributed by atoms with Gasteiger partial charge in [0.2, 0.25) is 0 Å². The molecule has 17 nitrogen and oxygen atoms in total. The van der Waals surface area contributed by atoms with Crippen molar-refractivity contribution in [3.63, 3.8) is 0 Å². The van der Waals surface area contributed by atoms with E-state index in [9.17, 15) is 55.4 Å². The molecule has 17 aromatic rings. The maximum Gasteiger partial charge on any atom is 0.454 e. The van der Waals surface area contributed by atoms with E-state index < -0.39 is 35.4 Å². The molecular weight excluding hydrogens is 2470 g/mol. The molecule has 17 rings (SSSR count). The van der Waals surface area contributed by atoms with E-state index in [1.807, 2.05) is 128 Å². The van der Waals surface area contributed by atoms with Crippen LogP contribution in [-0.4, -0.2) is 102 Å². The van der Waals surface area contributed by atoms with Crippen molar-refractivity contribution in [3.8, 4) is 21.8 Å². The smallest absolute Gasteiger partial charge is 0.454 e. The fourth-order valence-corrected chi connectivity index (χ4v) is 12.5. The number of nitrogens with zero attached hydrogens (tertiary/aromatic N) is 7. The number of carbonyl (C=O) groups excluding carboxylic acids is 5. The number of alkyl halides is 6. The summed E-state index contributed by atoms with van der Waals surface area (Å²) in [5.74, 6) is -5.69. The summed E-state index contributed by atoms with van der Waals surface area (Å²) >= 11 is 2.78. The van der Waals surface area contributed by atoms with E-state index in [1.165, 1.54) is 116 Å². The van der Waals surface area contributed by atoms with Crippen LogP contribution in [0.5, 0.6) is 0 Å². The zero-order valence-electron chi connectivity index (χ0n) is 68.4.